The molecule has 1 aliphatic carbocycles. The van der Waals surface area contributed by atoms with Gasteiger partial charge < -0.3 is 15.8 Å². The van der Waals surface area contributed by atoms with Crippen molar-refractivity contribution in [3.8, 4) is 5.75 Å². The number of benzene rings is 2. The van der Waals surface area contributed by atoms with Gasteiger partial charge in [-0.05, 0) is 42.7 Å². The van der Waals surface area contributed by atoms with Gasteiger partial charge >= 0.3 is 0 Å². The highest BCUT2D eigenvalue weighted by molar-refractivity contribution is 5.47. The van der Waals surface area contributed by atoms with Gasteiger partial charge in [-0.1, -0.05) is 30.3 Å². The van der Waals surface area contributed by atoms with Crippen LogP contribution >= 0.6 is 0 Å². The predicted octanol–water partition coefficient (Wildman–Crippen LogP) is 3.17. The average Bonchev–Trinajstić information content (AvgIpc) is 2.46. The smallest absolute Gasteiger partial charge is 0.119 e. The minimum Gasteiger partial charge on any atom is -0.489 e. The zero-order valence-electron chi connectivity index (χ0n) is 11.5. The summed E-state index contributed by atoms with van der Waals surface area (Å²) >= 11 is 0. The van der Waals surface area contributed by atoms with Crippen LogP contribution < -0.4 is 15.8 Å². The van der Waals surface area contributed by atoms with Crippen LogP contribution in [0, 0.1) is 0 Å². The van der Waals surface area contributed by atoms with Crippen LogP contribution in [0.25, 0.3) is 0 Å². The van der Waals surface area contributed by atoms with Crippen LogP contribution in [0.3, 0.4) is 0 Å². The molecule has 1 aliphatic rings. The minimum atomic E-state index is 0.376. The monoisotopic (exact) mass is 268 g/mol. The Morgan fingerprint density at radius 1 is 1.00 bits per heavy atom. The fourth-order valence-corrected chi connectivity index (χ4v) is 2.40. The molecule has 0 amide bonds. The van der Waals surface area contributed by atoms with Crippen molar-refractivity contribution in [2.45, 2.75) is 31.5 Å². The van der Waals surface area contributed by atoms with Crippen molar-refractivity contribution in [1.82, 2.24) is 0 Å². The van der Waals surface area contributed by atoms with Crippen LogP contribution in [0.2, 0.25) is 0 Å². The van der Waals surface area contributed by atoms with E-state index in [2.05, 4.69) is 29.6 Å². The van der Waals surface area contributed by atoms with E-state index in [1.165, 1.54) is 5.56 Å². The van der Waals surface area contributed by atoms with E-state index in [0.717, 1.165) is 24.3 Å². The van der Waals surface area contributed by atoms with Crippen molar-refractivity contribution in [3.63, 3.8) is 0 Å². The molecule has 0 spiro atoms. The van der Waals surface area contributed by atoms with Gasteiger partial charge in [-0.2, -0.15) is 0 Å². The highest BCUT2D eigenvalue weighted by Crippen LogP contribution is 2.24. The number of nitrogens with one attached hydrogen (secondary N) is 1. The average molecular weight is 268 g/mol. The van der Waals surface area contributed by atoms with Gasteiger partial charge in [0.1, 0.15) is 12.4 Å². The molecule has 0 aromatic heterocycles. The molecular weight excluding hydrogens is 248 g/mol. The first-order chi connectivity index (χ1) is 9.79. The molecule has 20 heavy (non-hydrogen) atoms. The van der Waals surface area contributed by atoms with Gasteiger partial charge in [0.25, 0.3) is 0 Å². The summed E-state index contributed by atoms with van der Waals surface area (Å²) in [4.78, 5) is 0. The summed E-state index contributed by atoms with van der Waals surface area (Å²) in [5, 5.41) is 3.47. The number of nitrogens with two attached hydrogens (primary N) is 1. The second-order valence-corrected chi connectivity index (χ2v) is 5.37. The summed E-state index contributed by atoms with van der Waals surface area (Å²) in [5.41, 5.74) is 8.09. The molecule has 0 bridgehead atoms. The van der Waals surface area contributed by atoms with E-state index in [1.807, 2.05) is 30.3 Å². The summed E-state index contributed by atoms with van der Waals surface area (Å²) in [7, 11) is 0. The Labute approximate surface area is 119 Å². The molecule has 2 aromatic carbocycles. The highest BCUT2D eigenvalue weighted by Gasteiger charge is 2.25. The van der Waals surface area contributed by atoms with Crippen LogP contribution in [0.5, 0.6) is 5.75 Å². The number of anilines is 1. The first kappa shape index (κ1) is 13.0. The van der Waals surface area contributed by atoms with E-state index >= 15 is 0 Å². The number of ether oxygens (including phenoxy) is 1. The fourth-order valence-electron chi connectivity index (χ4n) is 2.40. The van der Waals surface area contributed by atoms with Crippen molar-refractivity contribution in [2.24, 2.45) is 5.73 Å². The Morgan fingerprint density at radius 3 is 2.35 bits per heavy atom. The third kappa shape index (κ3) is 3.31. The first-order valence-electron chi connectivity index (χ1n) is 7.08. The van der Waals surface area contributed by atoms with E-state index in [0.29, 0.717) is 18.7 Å². The molecule has 3 nitrogen and oxygen atoms in total. The van der Waals surface area contributed by atoms with Gasteiger partial charge in [0.2, 0.25) is 0 Å². The lowest BCUT2D eigenvalue weighted by Gasteiger charge is -2.33. The maximum Gasteiger partial charge on any atom is 0.119 e. The predicted molar refractivity (Wildman–Crippen MR) is 81.8 cm³/mol. The summed E-state index contributed by atoms with van der Waals surface area (Å²) in [6.45, 7) is 0.602. The molecule has 0 radical (unpaired) electrons. The zero-order chi connectivity index (χ0) is 13.8. The Kier molecular flexibility index (Phi) is 3.88. The number of rotatable bonds is 5. The van der Waals surface area contributed by atoms with Crippen molar-refractivity contribution >= 4 is 5.69 Å². The lowest BCUT2D eigenvalue weighted by molar-refractivity contribution is 0.306. The van der Waals surface area contributed by atoms with Crippen molar-refractivity contribution in [1.29, 1.82) is 0 Å². The summed E-state index contributed by atoms with van der Waals surface area (Å²) in [6, 6.07) is 19.2. The van der Waals surface area contributed by atoms with Gasteiger partial charge in [0, 0.05) is 17.8 Å². The standard InChI is InChI=1S/C17H20N2O/c18-14-10-16(11-14)19-15-6-8-17(9-7-15)20-12-13-4-2-1-3-5-13/h1-9,14,16,19H,10-12,18H2. The molecule has 104 valence electrons. The minimum absolute atomic E-state index is 0.376. The lowest BCUT2D eigenvalue weighted by atomic mass is 9.87. The molecular formula is C17H20N2O. The Hall–Kier alpha value is -2.00. The van der Waals surface area contributed by atoms with E-state index in [4.69, 9.17) is 10.5 Å². The lowest BCUT2D eigenvalue weighted by Crippen LogP contribution is -2.44. The van der Waals surface area contributed by atoms with Crippen LogP contribution in [0.15, 0.2) is 54.6 Å². The SMILES string of the molecule is NC1CC(Nc2ccc(OCc3ccccc3)cc2)C1. The van der Waals surface area contributed by atoms with E-state index < -0.39 is 0 Å². The first-order valence-corrected chi connectivity index (χ1v) is 7.08. The maximum absolute atomic E-state index is 5.78. The van der Waals surface area contributed by atoms with Gasteiger partial charge in [0.15, 0.2) is 0 Å². The van der Waals surface area contributed by atoms with Gasteiger partial charge in [-0.25, -0.2) is 0 Å². The highest BCUT2D eigenvalue weighted by atomic mass is 16.5. The Bertz CT molecular complexity index is 533. The number of hydrogen-bond donors (Lipinski definition) is 2. The van der Waals surface area contributed by atoms with Crippen LogP contribution in [-0.2, 0) is 6.61 Å². The van der Waals surface area contributed by atoms with Crippen molar-refractivity contribution in [3.05, 3.63) is 60.2 Å². The molecule has 0 unspecified atom stereocenters. The normalized spacial score (nSPS) is 21.1. The van der Waals surface area contributed by atoms with Crippen LogP contribution in [-0.4, -0.2) is 12.1 Å². The molecule has 0 saturated heterocycles. The molecule has 1 fully saturated rings. The molecule has 0 atom stereocenters. The quantitative estimate of drug-likeness (QED) is 0.875. The summed E-state index contributed by atoms with van der Waals surface area (Å²) in [5.74, 6) is 0.893. The third-order valence-electron chi connectivity index (χ3n) is 3.65. The van der Waals surface area contributed by atoms with Crippen LogP contribution in [0.1, 0.15) is 18.4 Å². The Balaban J connectivity index is 1.51. The van der Waals surface area contributed by atoms with Gasteiger partial charge in [-0.15, -0.1) is 0 Å². The molecule has 0 aliphatic heterocycles. The second kappa shape index (κ2) is 5.97. The van der Waals surface area contributed by atoms with E-state index in [9.17, 15) is 0 Å². The fraction of sp³-hybridized carbons (Fsp3) is 0.294. The molecule has 3 heteroatoms. The van der Waals surface area contributed by atoms with Crippen LogP contribution in [0.4, 0.5) is 5.69 Å². The number of hydrogen-bond acceptors (Lipinski definition) is 3. The topological polar surface area (TPSA) is 47.3 Å². The van der Waals surface area contributed by atoms with Gasteiger partial charge in [-0.3, -0.25) is 0 Å². The van der Waals surface area contributed by atoms with E-state index in [1.54, 1.807) is 0 Å². The molecule has 0 heterocycles. The second-order valence-electron chi connectivity index (χ2n) is 5.37. The maximum atomic E-state index is 5.78. The van der Waals surface area contributed by atoms with Gasteiger partial charge in [0.05, 0.1) is 0 Å². The van der Waals surface area contributed by atoms with E-state index in [-0.39, 0.29) is 0 Å². The molecule has 1 saturated carbocycles. The zero-order valence-corrected chi connectivity index (χ0v) is 11.5. The summed E-state index contributed by atoms with van der Waals surface area (Å²) < 4.78 is 5.76. The van der Waals surface area contributed by atoms with Crippen molar-refractivity contribution in [2.75, 3.05) is 5.32 Å². The Morgan fingerprint density at radius 2 is 1.70 bits per heavy atom. The molecule has 3 rings (SSSR count). The third-order valence-corrected chi connectivity index (χ3v) is 3.65. The van der Waals surface area contributed by atoms with Crippen molar-refractivity contribution < 1.29 is 4.74 Å². The summed E-state index contributed by atoms with van der Waals surface area (Å²) in [6.07, 6.45) is 2.12. The molecule has 2 aromatic rings. The molecule has 3 N–H and O–H groups in total. The largest absolute Gasteiger partial charge is 0.489 e.